The maximum atomic E-state index is 9.56. The maximum absolute atomic E-state index is 9.56. The van der Waals surface area contributed by atoms with Crippen molar-refractivity contribution in [3.8, 4) is 0 Å². The molecule has 0 aliphatic rings. The van der Waals surface area contributed by atoms with Crippen LogP contribution >= 0.6 is 0 Å². The first-order valence-electron chi connectivity index (χ1n) is 2.88. The average molecular weight is 274 g/mol. The van der Waals surface area contributed by atoms with Crippen molar-refractivity contribution in [2.24, 2.45) is 5.90 Å². The second kappa shape index (κ2) is 13.3. The molecule has 0 saturated heterocycles. The van der Waals surface area contributed by atoms with Crippen molar-refractivity contribution in [3.05, 3.63) is 0 Å². The Balaban J connectivity index is -0.000000183. The fourth-order valence-corrected chi connectivity index (χ4v) is 0.0982. The summed E-state index contributed by atoms with van der Waals surface area (Å²) in [5.41, 5.74) is 0.926. The van der Waals surface area contributed by atoms with Crippen LogP contribution in [-0.4, -0.2) is 39.2 Å². The summed E-state index contributed by atoms with van der Waals surface area (Å²) in [7, 11) is 0. The van der Waals surface area contributed by atoms with Gasteiger partial charge in [0.15, 0.2) is 0 Å². The molecule has 16 heavy (non-hydrogen) atoms. The molecule has 0 fully saturated rings. The summed E-state index contributed by atoms with van der Waals surface area (Å²) in [6.07, 6.45) is 0. The van der Waals surface area contributed by atoms with E-state index in [1.165, 1.54) is 0 Å². The molecule has 0 aliphatic carbocycles. The number of nitrogens with two attached hydrogens (primary N) is 1. The Bertz CT molecular complexity index is 240. The Morgan fingerprint density at radius 2 is 1.44 bits per heavy atom. The number of carboxylic acid groups (broad SMARTS) is 2. The van der Waals surface area contributed by atoms with Crippen molar-refractivity contribution in [1.82, 2.24) is 5.48 Å². The molecule has 0 heterocycles. The van der Waals surface area contributed by atoms with E-state index < -0.39 is 23.8 Å². The van der Waals surface area contributed by atoms with Crippen LogP contribution in [0.2, 0.25) is 0 Å². The SMILES string of the molecule is NOC(=O)C(=O)O.O=C(O)C(=O)NO.[O]=[Ti]. The summed E-state index contributed by atoms with van der Waals surface area (Å²) in [6, 6.07) is 0. The van der Waals surface area contributed by atoms with Crippen LogP contribution < -0.4 is 11.4 Å². The molecular formula is C4H6N2O9Ti. The third kappa shape index (κ3) is 14.8. The van der Waals surface area contributed by atoms with Gasteiger partial charge in [-0.1, -0.05) is 0 Å². The van der Waals surface area contributed by atoms with Gasteiger partial charge in [0.05, 0.1) is 0 Å². The fraction of sp³-hybridized carbons (Fsp3) is 0. The molecule has 0 aliphatic heterocycles. The zero-order valence-corrected chi connectivity index (χ0v) is 8.93. The van der Waals surface area contributed by atoms with Crippen molar-refractivity contribution in [3.63, 3.8) is 0 Å². The number of carboxylic acids is 2. The van der Waals surface area contributed by atoms with Crippen LogP contribution in [-0.2, 0) is 47.7 Å². The zero-order chi connectivity index (χ0) is 13.7. The van der Waals surface area contributed by atoms with E-state index in [-0.39, 0.29) is 0 Å². The van der Waals surface area contributed by atoms with Crippen LogP contribution in [0.4, 0.5) is 0 Å². The van der Waals surface area contributed by atoms with Gasteiger partial charge in [-0.2, -0.15) is 5.90 Å². The van der Waals surface area contributed by atoms with Gasteiger partial charge in [0.2, 0.25) is 0 Å². The second-order valence-corrected chi connectivity index (χ2v) is 1.46. The molecule has 0 spiro atoms. The summed E-state index contributed by atoms with van der Waals surface area (Å²) in [4.78, 5) is 41.1. The molecule has 1 amide bonds. The average Bonchev–Trinajstić information content (AvgIpc) is 2.29. The van der Waals surface area contributed by atoms with Gasteiger partial charge in [-0.25, -0.2) is 19.9 Å². The molecule has 90 valence electrons. The van der Waals surface area contributed by atoms with Crippen molar-refractivity contribution in [2.45, 2.75) is 0 Å². The molecule has 0 atom stereocenters. The van der Waals surface area contributed by atoms with Gasteiger partial charge in [0.25, 0.3) is 0 Å². The Morgan fingerprint density at radius 1 is 1.06 bits per heavy atom. The van der Waals surface area contributed by atoms with Gasteiger partial charge in [-0.3, -0.25) is 10.0 Å². The van der Waals surface area contributed by atoms with Gasteiger partial charge in [0, 0.05) is 0 Å². The monoisotopic (exact) mass is 274 g/mol. The Kier molecular flexibility index (Phi) is 16.5. The summed E-state index contributed by atoms with van der Waals surface area (Å²) in [5, 5.41) is 22.8. The topological polar surface area (TPSA) is 193 Å². The van der Waals surface area contributed by atoms with E-state index in [0.717, 1.165) is 25.9 Å². The van der Waals surface area contributed by atoms with Gasteiger partial charge in [-0.15, -0.1) is 0 Å². The van der Waals surface area contributed by atoms with Gasteiger partial charge in [0.1, 0.15) is 0 Å². The number of amides is 1. The normalized spacial score (nSPS) is 6.81. The number of hydrogen-bond acceptors (Lipinski definition) is 8. The third-order valence-corrected chi connectivity index (χ3v) is 0.577. The van der Waals surface area contributed by atoms with Crippen molar-refractivity contribution in [2.75, 3.05) is 0 Å². The molecule has 6 N–H and O–H groups in total. The predicted octanol–water partition coefficient (Wildman–Crippen LogP) is -3.06. The number of carbonyl (C=O) groups excluding carboxylic acids is 2. The van der Waals surface area contributed by atoms with E-state index in [1.807, 2.05) is 0 Å². The van der Waals surface area contributed by atoms with Gasteiger partial charge in [-0.05, 0) is 0 Å². The number of hydrogen-bond donors (Lipinski definition) is 5. The van der Waals surface area contributed by atoms with Crippen LogP contribution in [0, 0.1) is 0 Å². The fourth-order valence-electron chi connectivity index (χ4n) is 0.0982. The Morgan fingerprint density at radius 3 is 1.44 bits per heavy atom. The van der Waals surface area contributed by atoms with Gasteiger partial charge < -0.3 is 15.1 Å². The number of hydroxylamine groups is 1. The summed E-state index contributed by atoms with van der Waals surface area (Å²) in [5.74, 6) is -2.14. The van der Waals surface area contributed by atoms with E-state index in [0.29, 0.717) is 0 Å². The van der Waals surface area contributed by atoms with Gasteiger partial charge >= 0.3 is 47.5 Å². The van der Waals surface area contributed by atoms with Crippen molar-refractivity contribution in [1.29, 1.82) is 0 Å². The predicted molar refractivity (Wildman–Crippen MR) is 36.2 cm³/mol. The molecule has 11 nitrogen and oxygen atoms in total. The molecule has 0 bridgehead atoms. The minimum atomic E-state index is -1.71. The Hall–Kier alpha value is -1.69. The van der Waals surface area contributed by atoms with Crippen LogP contribution in [0.1, 0.15) is 0 Å². The first-order chi connectivity index (χ1) is 7.36. The molecule has 0 rings (SSSR count). The van der Waals surface area contributed by atoms with E-state index >= 15 is 0 Å². The second-order valence-electron chi connectivity index (χ2n) is 1.46. The quantitative estimate of drug-likeness (QED) is 0.131. The summed E-state index contributed by atoms with van der Waals surface area (Å²) >= 11 is 0.750. The van der Waals surface area contributed by atoms with E-state index in [1.54, 1.807) is 0 Å². The molecular weight excluding hydrogens is 268 g/mol. The summed E-state index contributed by atoms with van der Waals surface area (Å²) in [6.45, 7) is 0. The molecule has 0 radical (unpaired) electrons. The Labute approximate surface area is 98.8 Å². The molecule has 12 heteroatoms. The molecule has 0 aromatic heterocycles. The number of carbonyl (C=O) groups is 4. The number of nitrogens with one attached hydrogen (secondary N) is 1. The molecule has 0 unspecified atom stereocenters. The van der Waals surface area contributed by atoms with Crippen LogP contribution in [0.5, 0.6) is 0 Å². The van der Waals surface area contributed by atoms with E-state index in [9.17, 15) is 19.2 Å². The molecule has 0 aromatic rings. The standard InChI is InChI=1S/2C2H3NO4.O.Ti/c3-7-2(6)1(4)5;4-1(3-7)2(5)6;;/h3H2,(H,4,5);7H,(H,3,4)(H,5,6);;. The van der Waals surface area contributed by atoms with Crippen LogP contribution in [0.15, 0.2) is 0 Å². The zero-order valence-electron chi connectivity index (χ0n) is 7.37. The van der Waals surface area contributed by atoms with Crippen LogP contribution in [0.25, 0.3) is 0 Å². The third-order valence-electron chi connectivity index (χ3n) is 0.577. The first-order valence-corrected chi connectivity index (χ1v) is 3.52. The van der Waals surface area contributed by atoms with Crippen molar-refractivity contribution < 1.29 is 63.2 Å². The number of aliphatic carboxylic acids is 2. The minimum absolute atomic E-state index is 0.750. The van der Waals surface area contributed by atoms with E-state index in [2.05, 4.69) is 10.7 Å². The molecule has 0 saturated carbocycles. The van der Waals surface area contributed by atoms with Crippen LogP contribution in [0.3, 0.4) is 0 Å². The molecule has 0 aromatic carbocycles. The summed E-state index contributed by atoms with van der Waals surface area (Å²) < 4.78 is 8.25. The van der Waals surface area contributed by atoms with Crippen molar-refractivity contribution >= 4 is 23.8 Å². The van der Waals surface area contributed by atoms with E-state index in [4.69, 9.17) is 18.7 Å². The number of rotatable bonds is 0. The first kappa shape index (κ1) is 19.8.